The minimum absolute atomic E-state index is 0.00376. The smallest absolute Gasteiger partial charge is 0.354 e. The summed E-state index contributed by atoms with van der Waals surface area (Å²) in [6, 6.07) is 0. The van der Waals surface area contributed by atoms with Crippen molar-refractivity contribution in [2.24, 2.45) is 5.10 Å². The summed E-state index contributed by atoms with van der Waals surface area (Å²) in [6.07, 6.45) is -0.437. The van der Waals surface area contributed by atoms with Gasteiger partial charge in [-0.2, -0.15) is 5.10 Å². The molecule has 0 saturated carbocycles. The zero-order chi connectivity index (χ0) is 13.3. The van der Waals surface area contributed by atoms with E-state index in [2.05, 4.69) is 20.0 Å². The van der Waals surface area contributed by atoms with Gasteiger partial charge in [0.15, 0.2) is 0 Å². The van der Waals surface area contributed by atoms with E-state index in [1.807, 2.05) is 0 Å². The molecule has 0 aromatic rings. The molecule has 0 spiro atoms. The van der Waals surface area contributed by atoms with Crippen LogP contribution in [0.4, 0.5) is 0 Å². The molecule has 0 aliphatic carbocycles. The molecule has 0 unspecified atom stereocenters. The Bertz CT molecular complexity index is 325. The van der Waals surface area contributed by atoms with E-state index in [0.29, 0.717) is 0 Å². The van der Waals surface area contributed by atoms with Gasteiger partial charge in [0.1, 0.15) is 12.1 Å². The lowest BCUT2D eigenvalue weighted by Gasteiger charge is -2.02. The Morgan fingerprint density at radius 1 is 1.12 bits per heavy atom. The lowest BCUT2D eigenvalue weighted by atomic mass is 10.4. The van der Waals surface area contributed by atoms with Gasteiger partial charge in [-0.1, -0.05) is 0 Å². The number of hydrazone groups is 1. The second-order valence-corrected chi connectivity index (χ2v) is 2.93. The Morgan fingerprint density at radius 2 is 1.71 bits per heavy atom. The molecule has 0 bridgehead atoms. The fourth-order valence-electron chi connectivity index (χ4n) is 0.810. The molecule has 0 saturated heterocycles. The molecule has 1 amide bonds. The van der Waals surface area contributed by atoms with Crippen molar-refractivity contribution in [1.29, 1.82) is 0 Å². The molecule has 0 rings (SSSR count). The van der Waals surface area contributed by atoms with E-state index in [4.69, 9.17) is 0 Å². The van der Waals surface area contributed by atoms with Crippen LogP contribution >= 0.6 is 0 Å². The molecule has 0 fully saturated rings. The van der Waals surface area contributed by atoms with Gasteiger partial charge in [-0.15, -0.1) is 0 Å². The predicted octanol–water partition coefficient (Wildman–Crippen LogP) is -0.00520. The number of hydrogen-bond acceptors (Lipinski definition) is 6. The number of nitrogens with one attached hydrogen (secondary N) is 1. The molecular weight excluding hydrogens is 228 g/mol. The second kappa shape index (κ2) is 8.26. The first-order valence-electron chi connectivity index (χ1n) is 5.17. The molecule has 0 aliphatic rings. The molecule has 7 heteroatoms. The Morgan fingerprint density at radius 3 is 2.24 bits per heavy atom. The molecule has 0 aromatic carbocycles. The van der Waals surface area contributed by atoms with Crippen LogP contribution in [0.3, 0.4) is 0 Å². The van der Waals surface area contributed by atoms with Crippen molar-refractivity contribution >= 4 is 23.6 Å². The summed E-state index contributed by atoms with van der Waals surface area (Å²) in [7, 11) is 0. The van der Waals surface area contributed by atoms with Crippen LogP contribution < -0.4 is 5.43 Å². The van der Waals surface area contributed by atoms with Crippen molar-refractivity contribution in [2.45, 2.75) is 27.2 Å². The highest BCUT2D eigenvalue weighted by Gasteiger charge is 2.11. The zero-order valence-electron chi connectivity index (χ0n) is 10.1. The largest absolute Gasteiger partial charge is 0.466 e. The first-order chi connectivity index (χ1) is 8.01. The molecule has 0 atom stereocenters. The van der Waals surface area contributed by atoms with Gasteiger partial charge in [0.2, 0.25) is 0 Å². The van der Waals surface area contributed by atoms with Crippen LogP contribution in [0.25, 0.3) is 0 Å². The molecule has 96 valence electrons. The summed E-state index contributed by atoms with van der Waals surface area (Å²) >= 11 is 0. The SMILES string of the molecule is CCOC(=O)CC(=O)N/N=C(/C)C(=O)OCC. The fraction of sp³-hybridized carbons (Fsp3) is 0.600. The van der Waals surface area contributed by atoms with Crippen molar-refractivity contribution in [3.8, 4) is 0 Å². The number of ether oxygens (including phenoxy) is 2. The summed E-state index contributed by atoms with van der Waals surface area (Å²) in [5, 5.41) is 3.49. The van der Waals surface area contributed by atoms with Gasteiger partial charge in [-0.3, -0.25) is 9.59 Å². The Hall–Kier alpha value is -1.92. The van der Waals surface area contributed by atoms with Crippen molar-refractivity contribution in [2.75, 3.05) is 13.2 Å². The van der Waals surface area contributed by atoms with Gasteiger partial charge >= 0.3 is 11.9 Å². The second-order valence-electron chi connectivity index (χ2n) is 2.93. The Labute approximate surface area is 99.2 Å². The average Bonchev–Trinajstić information content (AvgIpc) is 2.26. The molecule has 1 N–H and O–H groups in total. The molecule has 0 radical (unpaired) electrons. The van der Waals surface area contributed by atoms with Crippen molar-refractivity contribution in [1.82, 2.24) is 5.43 Å². The first-order valence-corrected chi connectivity index (χ1v) is 5.17. The Balaban J connectivity index is 4.09. The third-order valence-electron chi connectivity index (χ3n) is 1.53. The lowest BCUT2D eigenvalue weighted by molar-refractivity contribution is -0.146. The number of carbonyl (C=O) groups is 3. The van der Waals surface area contributed by atoms with E-state index in [-0.39, 0.29) is 18.9 Å². The fourth-order valence-corrected chi connectivity index (χ4v) is 0.810. The number of rotatable bonds is 6. The highest BCUT2D eigenvalue weighted by Crippen LogP contribution is 1.88. The van der Waals surface area contributed by atoms with Crippen molar-refractivity contribution in [3.05, 3.63) is 0 Å². The van der Waals surface area contributed by atoms with Crippen LogP contribution in [0, 0.1) is 0 Å². The molecular formula is C10H16N2O5. The van der Waals surface area contributed by atoms with Gasteiger partial charge in [0.05, 0.1) is 13.2 Å². The Kier molecular flexibility index (Phi) is 7.32. The van der Waals surface area contributed by atoms with E-state index < -0.39 is 24.3 Å². The third kappa shape index (κ3) is 7.04. The highest BCUT2D eigenvalue weighted by atomic mass is 16.5. The monoisotopic (exact) mass is 244 g/mol. The number of nitrogens with zero attached hydrogens (tertiary/aromatic N) is 1. The van der Waals surface area contributed by atoms with Crippen LogP contribution in [-0.2, 0) is 23.9 Å². The van der Waals surface area contributed by atoms with Crippen molar-refractivity contribution in [3.63, 3.8) is 0 Å². The van der Waals surface area contributed by atoms with Gasteiger partial charge in [-0.25, -0.2) is 10.2 Å². The van der Waals surface area contributed by atoms with Gasteiger partial charge in [-0.05, 0) is 20.8 Å². The first kappa shape index (κ1) is 15.1. The van der Waals surface area contributed by atoms with Crippen LogP contribution in [0.2, 0.25) is 0 Å². The molecule has 0 heterocycles. The molecule has 0 aliphatic heterocycles. The summed E-state index contributed by atoms with van der Waals surface area (Å²) in [4.78, 5) is 33.1. The van der Waals surface area contributed by atoms with Gasteiger partial charge < -0.3 is 9.47 Å². The maximum atomic E-state index is 11.1. The lowest BCUT2D eigenvalue weighted by Crippen LogP contribution is -2.25. The zero-order valence-corrected chi connectivity index (χ0v) is 10.1. The predicted molar refractivity (Wildman–Crippen MR) is 59.1 cm³/mol. The molecule has 0 aromatic heterocycles. The summed E-state index contributed by atoms with van der Waals surface area (Å²) < 4.78 is 9.21. The molecule has 17 heavy (non-hydrogen) atoms. The van der Waals surface area contributed by atoms with E-state index >= 15 is 0 Å². The topological polar surface area (TPSA) is 94.1 Å². The van der Waals surface area contributed by atoms with Crippen molar-refractivity contribution < 1.29 is 23.9 Å². The van der Waals surface area contributed by atoms with Crippen LogP contribution in [-0.4, -0.2) is 36.8 Å². The number of hydrogen-bond donors (Lipinski definition) is 1. The maximum Gasteiger partial charge on any atom is 0.354 e. The van der Waals surface area contributed by atoms with E-state index in [9.17, 15) is 14.4 Å². The highest BCUT2D eigenvalue weighted by molar-refractivity contribution is 6.35. The summed E-state index contributed by atoms with van der Waals surface area (Å²) in [6.45, 7) is 5.12. The van der Waals surface area contributed by atoms with E-state index in [0.717, 1.165) is 0 Å². The number of esters is 2. The minimum atomic E-state index is -0.646. The maximum absolute atomic E-state index is 11.1. The van der Waals surface area contributed by atoms with E-state index in [1.54, 1.807) is 13.8 Å². The standard InChI is InChI=1S/C10H16N2O5/c1-4-16-9(14)6-8(13)12-11-7(3)10(15)17-5-2/h4-6H2,1-3H3,(H,12,13)/b11-7-. The van der Waals surface area contributed by atoms with Crippen LogP contribution in [0.1, 0.15) is 27.2 Å². The van der Waals surface area contributed by atoms with Gasteiger partial charge in [0.25, 0.3) is 5.91 Å². The summed E-state index contributed by atoms with van der Waals surface area (Å²) in [5.41, 5.74) is 2.06. The normalized spacial score (nSPS) is 10.6. The summed E-state index contributed by atoms with van der Waals surface area (Å²) in [5.74, 6) is -1.91. The molecule has 7 nitrogen and oxygen atoms in total. The van der Waals surface area contributed by atoms with Crippen LogP contribution in [0.15, 0.2) is 5.10 Å². The minimum Gasteiger partial charge on any atom is -0.466 e. The quantitative estimate of drug-likeness (QED) is 0.307. The van der Waals surface area contributed by atoms with Crippen LogP contribution in [0.5, 0.6) is 0 Å². The number of amides is 1. The number of carbonyl (C=O) groups excluding carboxylic acids is 3. The van der Waals surface area contributed by atoms with Gasteiger partial charge in [0, 0.05) is 0 Å². The van der Waals surface area contributed by atoms with E-state index in [1.165, 1.54) is 6.92 Å². The third-order valence-corrected chi connectivity index (χ3v) is 1.53. The average molecular weight is 244 g/mol.